The fraction of sp³-hybridized carbons (Fsp3) is 0.250. The molecule has 1 N–H and O–H groups in total. The van der Waals surface area contributed by atoms with Crippen LogP contribution in [0.3, 0.4) is 0 Å². The third kappa shape index (κ3) is 1.55. The second kappa shape index (κ2) is 3.51. The first-order valence-electron chi connectivity index (χ1n) is 5.25. The number of para-hydroxylation sites is 1. The first-order chi connectivity index (χ1) is 7.43. The summed E-state index contributed by atoms with van der Waals surface area (Å²) in [4.78, 5) is 0. The van der Waals surface area contributed by atoms with Gasteiger partial charge in [-0.25, -0.2) is 4.68 Å². The monoisotopic (exact) mass is 199 g/mol. The molecule has 0 spiro atoms. The molecule has 1 aromatic heterocycles. The highest BCUT2D eigenvalue weighted by atomic mass is 15.3. The molecule has 0 radical (unpaired) electrons. The van der Waals surface area contributed by atoms with E-state index in [9.17, 15) is 0 Å². The van der Waals surface area contributed by atoms with Crippen LogP contribution in [0, 0.1) is 0 Å². The normalized spacial score (nSPS) is 16.3. The van der Waals surface area contributed by atoms with E-state index in [1.165, 1.54) is 5.69 Å². The molecule has 1 aromatic carbocycles. The summed E-state index contributed by atoms with van der Waals surface area (Å²) in [5, 5.41) is 7.84. The summed E-state index contributed by atoms with van der Waals surface area (Å²) < 4.78 is 1.94. The Balaban J connectivity index is 1.90. The summed E-state index contributed by atoms with van der Waals surface area (Å²) in [7, 11) is 0. The summed E-state index contributed by atoms with van der Waals surface area (Å²) >= 11 is 0. The van der Waals surface area contributed by atoms with E-state index >= 15 is 0 Å². The highest BCUT2D eigenvalue weighted by Gasteiger charge is 2.21. The molecule has 0 saturated carbocycles. The molecule has 1 aliphatic rings. The van der Waals surface area contributed by atoms with E-state index < -0.39 is 0 Å². The maximum atomic E-state index is 4.58. The maximum Gasteiger partial charge on any atom is 0.0685 e. The van der Waals surface area contributed by atoms with Gasteiger partial charge in [0.25, 0.3) is 0 Å². The van der Waals surface area contributed by atoms with Crippen molar-refractivity contribution in [2.45, 2.75) is 5.92 Å². The minimum Gasteiger partial charge on any atom is -0.315 e. The molecule has 15 heavy (non-hydrogen) atoms. The summed E-state index contributed by atoms with van der Waals surface area (Å²) in [6, 6.07) is 12.3. The Labute approximate surface area is 88.7 Å². The van der Waals surface area contributed by atoms with Gasteiger partial charge in [-0.2, -0.15) is 5.10 Å². The summed E-state index contributed by atoms with van der Waals surface area (Å²) in [6.45, 7) is 2.12. The lowest BCUT2D eigenvalue weighted by molar-refractivity contribution is 0.437. The number of nitrogens with one attached hydrogen (secondary N) is 1. The van der Waals surface area contributed by atoms with E-state index in [1.54, 1.807) is 0 Å². The van der Waals surface area contributed by atoms with Gasteiger partial charge in [-0.1, -0.05) is 18.2 Å². The number of hydrogen-bond donors (Lipinski definition) is 1. The van der Waals surface area contributed by atoms with Crippen molar-refractivity contribution in [3.63, 3.8) is 0 Å². The molecule has 76 valence electrons. The largest absolute Gasteiger partial charge is 0.315 e. The highest BCUT2D eigenvalue weighted by Crippen LogP contribution is 2.18. The van der Waals surface area contributed by atoms with Gasteiger partial charge in [0.1, 0.15) is 0 Å². The van der Waals surface area contributed by atoms with Gasteiger partial charge in [0.05, 0.1) is 11.4 Å². The molecule has 0 bridgehead atoms. The fourth-order valence-corrected chi connectivity index (χ4v) is 1.78. The molecule has 3 nitrogen and oxygen atoms in total. The van der Waals surface area contributed by atoms with Crippen LogP contribution in [0.2, 0.25) is 0 Å². The molecular weight excluding hydrogens is 186 g/mol. The molecule has 1 aliphatic heterocycles. The van der Waals surface area contributed by atoms with Crippen LogP contribution in [0.5, 0.6) is 0 Å². The standard InChI is InChI=1S/C12H13N3/c1-2-4-11(5-3-1)15-7-6-12(14-15)10-8-13-9-10/h1-7,10,13H,8-9H2. The van der Waals surface area contributed by atoms with Crippen molar-refractivity contribution >= 4 is 0 Å². The Morgan fingerprint density at radius 3 is 2.60 bits per heavy atom. The van der Waals surface area contributed by atoms with E-state index in [0.29, 0.717) is 5.92 Å². The van der Waals surface area contributed by atoms with Gasteiger partial charge in [-0.15, -0.1) is 0 Å². The molecule has 3 rings (SSSR count). The van der Waals surface area contributed by atoms with Crippen molar-refractivity contribution in [2.75, 3.05) is 13.1 Å². The van der Waals surface area contributed by atoms with Gasteiger partial charge in [0.15, 0.2) is 0 Å². The van der Waals surface area contributed by atoms with Crippen LogP contribution in [-0.2, 0) is 0 Å². The third-order valence-corrected chi connectivity index (χ3v) is 2.83. The Hall–Kier alpha value is -1.61. The van der Waals surface area contributed by atoms with Crippen molar-refractivity contribution in [1.29, 1.82) is 0 Å². The number of benzene rings is 1. The van der Waals surface area contributed by atoms with Crippen LogP contribution in [-0.4, -0.2) is 22.9 Å². The van der Waals surface area contributed by atoms with E-state index in [4.69, 9.17) is 0 Å². The number of nitrogens with zero attached hydrogens (tertiary/aromatic N) is 2. The van der Waals surface area contributed by atoms with Crippen molar-refractivity contribution in [2.24, 2.45) is 0 Å². The quantitative estimate of drug-likeness (QED) is 0.795. The molecule has 0 amide bonds. The van der Waals surface area contributed by atoms with E-state index in [1.807, 2.05) is 29.1 Å². The molecule has 0 aliphatic carbocycles. The van der Waals surface area contributed by atoms with Crippen molar-refractivity contribution in [3.05, 3.63) is 48.3 Å². The average molecular weight is 199 g/mol. The topological polar surface area (TPSA) is 29.9 Å². The average Bonchev–Trinajstić information content (AvgIpc) is 2.66. The SMILES string of the molecule is c1ccc(-n2ccc(C3CNC3)n2)cc1. The predicted molar refractivity (Wildman–Crippen MR) is 59.2 cm³/mol. The second-order valence-corrected chi connectivity index (χ2v) is 3.88. The Bertz CT molecular complexity index is 443. The molecule has 2 heterocycles. The van der Waals surface area contributed by atoms with Crippen LogP contribution < -0.4 is 5.32 Å². The summed E-state index contributed by atoms with van der Waals surface area (Å²) in [5.74, 6) is 0.606. The van der Waals surface area contributed by atoms with E-state index in [2.05, 4.69) is 28.6 Å². The van der Waals surface area contributed by atoms with Crippen molar-refractivity contribution in [1.82, 2.24) is 15.1 Å². The molecule has 2 aromatic rings. The number of hydrogen-bond acceptors (Lipinski definition) is 2. The first-order valence-corrected chi connectivity index (χ1v) is 5.25. The van der Waals surface area contributed by atoms with Crippen molar-refractivity contribution in [3.8, 4) is 5.69 Å². The molecule has 1 saturated heterocycles. The number of aromatic nitrogens is 2. The predicted octanol–water partition coefficient (Wildman–Crippen LogP) is 1.56. The van der Waals surface area contributed by atoms with Crippen LogP contribution in [0.1, 0.15) is 11.6 Å². The van der Waals surface area contributed by atoms with Gasteiger partial charge in [0.2, 0.25) is 0 Å². The second-order valence-electron chi connectivity index (χ2n) is 3.88. The van der Waals surface area contributed by atoms with Crippen LogP contribution in [0.15, 0.2) is 42.6 Å². The number of rotatable bonds is 2. The lowest BCUT2D eigenvalue weighted by Gasteiger charge is -2.24. The van der Waals surface area contributed by atoms with Crippen molar-refractivity contribution < 1.29 is 0 Å². The fourth-order valence-electron chi connectivity index (χ4n) is 1.78. The van der Waals surface area contributed by atoms with Gasteiger partial charge in [0, 0.05) is 25.2 Å². The summed E-state index contributed by atoms with van der Waals surface area (Å²) in [5.41, 5.74) is 2.31. The van der Waals surface area contributed by atoms with Crippen LogP contribution in [0.4, 0.5) is 0 Å². The minimum atomic E-state index is 0.606. The smallest absolute Gasteiger partial charge is 0.0685 e. The lowest BCUT2D eigenvalue weighted by atomic mass is 10.0. The Morgan fingerprint density at radius 1 is 1.13 bits per heavy atom. The van der Waals surface area contributed by atoms with Gasteiger partial charge in [-0.05, 0) is 18.2 Å². The highest BCUT2D eigenvalue weighted by molar-refractivity contribution is 5.31. The van der Waals surface area contributed by atoms with Gasteiger partial charge >= 0.3 is 0 Å². The first kappa shape index (κ1) is 8.68. The molecule has 0 atom stereocenters. The molecular formula is C12H13N3. The zero-order valence-corrected chi connectivity index (χ0v) is 8.43. The zero-order valence-electron chi connectivity index (χ0n) is 8.43. The minimum absolute atomic E-state index is 0.606. The Kier molecular flexibility index (Phi) is 2.03. The molecule has 3 heteroatoms. The van der Waals surface area contributed by atoms with E-state index in [0.717, 1.165) is 18.8 Å². The van der Waals surface area contributed by atoms with Crippen LogP contribution >= 0.6 is 0 Å². The maximum absolute atomic E-state index is 4.58. The molecule has 0 unspecified atom stereocenters. The Morgan fingerprint density at radius 2 is 1.93 bits per heavy atom. The van der Waals surface area contributed by atoms with E-state index in [-0.39, 0.29) is 0 Å². The third-order valence-electron chi connectivity index (χ3n) is 2.83. The summed E-state index contributed by atoms with van der Waals surface area (Å²) in [6.07, 6.45) is 2.03. The zero-order chi connectivity index (χ0) is 10.1. The lowest BCUT2D eigenvalue weighted by Crippen LogP contribution is -2.40. The molecule has 1 fully saturated rings. The van der Waals surface area contributed by atoms with Gasteiger partial charge in [-0.3, -0.25) is 0 Å². The van der Waals surface area contributed by atoms with Crippen LogP contribution in [0.25, 0.3) is 5.69 Å². The van der Waals surface area contributed by atoms with Gasteiger partial charge < -0.3 is 5.32 Å².